The normalized spacial score (nSPS) is 15.8. The number of nitrogens with one attached hydrogen (secondary N) is 1. The SMILES string of the molecule is COc1ccc(C(C#N)NCC2CC2)c(OC)c1. The van der Waals surface area contributed by atoms with Crippen LogP contribution in [0.2, 0.25) is 0 Å². The standard InChI is InChI=1S/C14H18N2O2/c1-17-11-5-6-12(14(7-11)18-2)13(8-15)16-9-10-3-4-10/h5-7,10,13,16H,3-4,9H2,1-2H3. The van der Waals surface area contributed by atoms with Crippen LogP contribution in [0, 0.1) is 17.2 Å². The first kappa shape index (κ1) is 12.7. The minimum Gasteiger partial charge on any atom is -0.497 e. The van der Waals surface area contributed by atoms with Gasteiger partial charge in [0.2, 0.25) is 0 Å². The Balaban J connectivity index is 2.15. The third-order valence-corrected chi connectivity index (χ3v) is 3.19. The number of hydrogen-bond acceptors (Lipinski definition) is 4. The van der Waals surface area contributed by atoms with Crippen molar-refractivity contribution in [1.29, 1.82) is 5.26 Å². The van der Waals surface area contributed by atoms with E-state index in [2.05, 4.69) is 11.4 Å². The Morgan fingerprint density at radius 2 is 2.17 bits per heavy atom. The number of hydrogen-bond donors (Lipinski definition) is 1. The lowest BCUT2D eigenvalue weighted by Gasteiger charge is -2.15. The lowest BCUT2D eigenvalue weighted by molar-refractivity contribution is 0.388. The molecule has 0 aromatic heterocycles. The fraction of sp³-hybridized carbons (Fsp3) is 0.500. The van der Waals surface area contributed by atoms with Crippen LogP contribution in [-0.2, 0) is 0 Å². The van der Waals surface area contributed by atoms with E-state index in [9.17, 15) is 5.26 Å². The lowest BCUT2D eigenvalue weighted by atomic mass is 10.1. The van der Waals surface area contributed by atoms with E-state index < -0.39 is 0 Å². The minimum absolute atomic E-state index is 0.327. The van der Waals surface area contributed by atoms with Crippen LogP contribution >= 0.6 is 0 Å². The van der Waals surface area contributed by atoms with E-state index in [0.717, 1.165) is 23.8 Å². The largest absolute Gasteiger partial charge is 0.497 e. The maximum Gasteiger partial charge on any atom is 0.128 e. The maximum atomic E-state index is 9.26. The minimum atomic E-state index is -0.327. The van der Waals surface area contributed by atoms with Crippen molar-refractivity contribution in [3.05, 3.63) is 23.8 Å². The van der Waals surface area contributed by atoms with E-state index in [1.807, 2.05) is 12.1 Å². The second-order valence-electron chi connectivity index (χ2n) is 4.52. The fourth-order valence-electron chi connectivity index (χ4n) is 1.89. The third-order valence-electron chi connectivity index (χ3n) is 3.19. The zero-order chi connectivity index (χ0) is 13.0. The number of nitrogens with zero attached hydrogens (tertiary/aromatic N) is 1. The van der Waals surface area contributed by atoms with Crippen LogP contribution in [0.25, 0.3) is 0 Å². The number of nitriles is 1. The lowest BCUT2D eigenvalue weighted by Crippen LogP contribution is -2.22. The second-order valence-corrected chi connectivity index (χ2v) is 4.52. The van der Waals surface area contributed by atoms with Gasteiger partial charge in [0.1, 0.15) is 17.5 Å². The first-order chi connectivity index (χ1) is 8.78. The molecule has 0 radical (unpaired) electrons. The molecular weight excluding hydrogens is 228 g/mol. The van der Waals surface area contributed by atoms with Crippen LogP contribution in [0.3, 0.4) is 0 Å². The summed E-state index contributed by atoms with van der Waals surface area (Å²) >= 11 is 0. The Morgan fingerprint density at radius 1 is 1.39 bits per heavy atom. The molecule has 1 unspecified atom stereocenters. The summed E-state index contributed by atoms with van der Waals surface area (Å²) in [4.78, 5) is 0. The summed E-state index contributed by atoms with van der Waals surface area (Å²) < 4.78 is 10.5. The number of methoxy groups -OCH3 is 2. The molecule has 1 saturated carbocycles. The molecule has 1 N–H and O–H groups in total. The van der Waals surface area contributed by atoms with E-state index >= 15 is 0 Å². The molecule has 1 aliphatic carbocycles. The van der Waals surface area contributed by atoms with Crippen LogP contribution in [0.15, 0.2) is 18.2 Å². The topological polar surface area (TPSA) is 54.3 Å². The molecule has 1 aromatic carbocycles. The summed E-state index contributed by atoms with van der Waals surface area (Å²) in [6.07, 6.45) is 2.54. The zero-order valence-electron chi connectivity index (χ0n) is 10.8. The highest BCUT2D eigenvalue weighted by Crippen LogP contribution is 2.31. The summed E-state index contributed by atoms with van der Waals surface area (Å²) in [6.45, 7) is 0.896. The summed E-state index contributed by atoms with van der Waals surface area (Å²) in [5, 5.41) is 12.5. The van der Waals surface area contributed by atoms with E-state index in [-0.39, 0.29) is 6.04 Å². The highest BCUT2D eigenvalue weighted by molar-refractivity contribution is 5.44. The van der Waals surface area contributed by atoms with Crippen LogP contribution in [-0.4, -0.2) is 20.8 Å². The Bertz CT molecular complexity index is 450. The smallest absolute Gasteiger partial charge is 0.128 e. The van der Waals surface area contributed by atoms with Crippen molar-refractivity contribution in [2.24, 2.45) is 5.92 Å². The highest BCUT2D eigenvalue weighted by Gasteiger charge is 2.23. The molecule has 1 aliphatic rings. The Morgan fingerprint density at radius 3 is 2.72 bits per heavy atom. The fourth-order valence-corrected chi connectivity index (χ4v) is 1.89. The molecule has 4 heteroatoms. The summed E-state index contributed by atoms with van der Waals surface area (Å²) in [5.74, 6) is 2.16. The highest BCUT2D eigenvalue weighted by atomic mass is 16.5. The maximum absolute atomic E-state index is 9.26. The average molecular weight is 246 g/mol. The van der Waals surface area contributed by atoms with Crippen molar-refractivity contribution < 1.29 is 9.47 Å². The summed E-state index contributed by atoms with van der Waals surface area (Å²) in [5.41, 5.74) is 0.862. The molecule has 96 valence electrons. The van der Waals surface area contributed by atoms with E-state index in [1.54, 1.807) is 20.3 Å². The molecule has 0 bridgehead atoms. The van der Waals surface area contributed by atoms with Gasteiger partial charge in [0.25, 0.3) is 0 Å². The van der Waals surface area contributed by atoms with Gasteiger partial charge in [-0.25, -0.2) is 0 Å². The van der Waals surface area contributed by atoms with Gasteiger partial charge in [-0.15, -0.1) is 0 Å². The van der Waals surface area contributed by atoms with Crippen LogP contribution in [0.1, 0.15) is 24.4 Å². The van der Waals surface area contributed by atoms with Crippen LogP contribution in [0.4, 0.5) is 0 Å². The van der Waals surface area contributed by atoms with Gasteiger partial charge in [-0.05, 0) is 37.4 Å². The third kappa shape index (κ3) is 2.93. The summed E-state index contributed by atoms with van der Waals surface area (Å²) in [6, 6.07) is 7.49. The van der Waals surface area contributed by atoms with E-state index in [1.165, 1.54) is 12.8 Å². The van der Waals surface area contributed by atoms with Gasteiger partial charge >= 0.3 is 0 Å². The summed E-state index contributed by atoms with van der Waals surface area (Å²) in [7, 11) is 3.22. The van der Waals surface area contributed by atoms with Gasteiger partial charge in [0.05, 0.1) is 20.3 Å². The zero-order valence-corrected chi connectivity index (χ0v) is 10.8. The van der Waals surface area contributed by atoms with Gasteiger partial charge < -0.3 is 9.47 Å². The van der Waals surface area contributed by atoms with Crippen molar-refractivity contribution in [2.45, 2.75) is 18.9 Å². The van der Waals surface area contributed by atoms with Crippen molar-refractivity contribution in [3.63, 3.8) is 0 Å². The Hall–Kier alpha value is -1.73. The Labute approximate surface area is 108 Å². The average Bonchev–Trinajstić information content (AvgIpc) is 3.23. The molecule has 1 fully saturated rings. The number of rotatable bonds is 6. The quantitative estimate of drug-likeness (QED) is 0.836. The molecule has 1 aromatic rings. The number of ether oxygens (including phenoxy) is 2. The molecule has 2 rings (SSSR count). The van der Waals surface area contributed by atoms with Gasteiger partial charge in [-0.1, -0.05) is 0 Å². The molecular formula is C14H18N2O2. The molecule has 4 nitrogen and oxygen atoms in total. The van der Waals surface area contributed by atoms with Crippen molar-refractivity contribution in [2.75, 3.05) is 20.8 Å². The van der Waals surface area contributed by atoms with Crippen molar-refractivity contribution in [1.82, 2.24) is 5.32 Å². The van der Waals surface area contributed by atoms with Gasteiger partial charge in [0, 0.05) is 11.6 Å². The molecule has 0 amide bonds. The van der Waals surface area contributed by atoms with Crippen molar-refractivity contribution in [3.8, 4) is 17.6 Å². The van der Waals surface area contributed by atoms with E-state index in [0.29, 0.717) is 5.75 Å². The molecule has 0 aliphatic heterocycles. The Kier molecular flexibility index (Phi) is 4.06. The van der Waals surface area contributed by atoms with Crippen LogP contribution < -0.4 is 14.8 Å². The van der Waals surface area contributed by atoms with Gasteiger partial charge in [-0.2, -0.15) is 5.26 Å². The van der Waals surface area contributed by atoms with E-state index in [4.69, 9.17) is 9.47 Å². The number of benzene rings is 1. The van der Waals surface area contributed by atoms with Crippen molar-refractivity contribution >= 4 is 0 Å². The van der Waals surface area contributed by atoms with Crippen LogP contribution in [0.5, 0.6) is 11.5 Å². The molecule has 1 atom stereocenters. The first-order valence-corrected chi connectivity index (χ1v) is 6.13. The monoisotopic (exact) mass is 246 g/mol. The van der Waals surface area contributed by atoms with Gasteiger partial charge in [0.15, 0.2) is 0 Å². The second kappa shape index (κ2) is 5.74. The predicted molar refractivity (Wildman–Crippen MR) is 68.6 cm³/mol. The molecule has 0 spiro atoms. The molecule has 18 heavy (non-hydrogen) atoms. The molecule has 0 saturated heterocycles. The predicted octanol–water partition coefficient (Wildman–Crippen LogP) is 2.27. The van der Waals surface area contributed by atoms with Gasteiger partial charge in [-0.3, -0.25) is 5.32 Å². The first-order valence-electron chi connectivity index (χ1n) is 6.13. The molecule has 0 heterocycles.